The predicted molar refractivity (Wildman–Crippen MR) is 163 cm³/mol. The Labute approximate surface area is 248 Å². The Hall–Kier alpha value is -2.84. The van der Waals surface area contributed by atoms with Gasteiger partial charge >= 0.3 is 5.97 Å². The zero-order valence-corrected chi connectivity index (χ0v) is 25.1. The molecule has 0 bridgehead atoms. The van der Waals surface area contributed by atoms with Gasteiger partial charge in [0.1, 0.15) is 11.6 Å². The van der Waals surface area contributed by atoms with E-state index in [2.05, 4.69) is 39.8 Å². The van der Waals surface area contributed by atoms with E-state index in [0.29, 0.717) is 22.8 Å². The number of carbonyl (C=O) groups is 3. The molecule has 1 saturated carbocycles. The van der Waals surface area contributed by atoms with Crippen molar-refractivity contribution in [3.05, 3.63) is 70.8 Å². The van der Waals surface area contributed by atoms with Crippen LogP contribution in [0.3, 0.4) is 0 Å². The molecule has 5 rings (SSSR count). The van der Waals surface area contributed by atoms with E-state index in [-0.39, 0.29) is 17.5 Å². The average Bonchev–Trinajstić information content (AvgIpc) is 3.22. The first-order chi connectivity index (χ1) is 19.8. The second-order valence-electron chi connectivity index (χ2n) is 12.2. The summed E-state index contributed by atoms with van der Waals surface area (Å²) < 4.78 is 5.53. The molecule has 1 unspecified atom stereocenters. The van der Waals surface area contributed by atoms with Gasteiger partial charge in [-0.1, -0.05) is 61.7 Å². The summed E-state index contributed by atoms with van der Waals surface area (Å²) in [6, 6.07) is 15.1. The number of ether oxygens (including phenoxy) is 1. The lowest BCUT2D eigenvalue weighted by molar-refractivity contribution is -0.123. The molecule has 2 aromatic rings. The van der Waals surface area contributed by atoms with E-state index in [9.17, 15) is 14.4 Å². The summed E-state index contributed by atoms with van der Waals surface area (Å²) in [6.45, 7) is 6.39. The van der Waals surface area contributed by atoms with Gasteiger partial charge in [-0.15, -0.1) is 0 Å². The fraction of sp³-hybridized carbons (Fsp3) is 0.545. The van der Waals surface area contributed by atoms with Gasteiger partial charge in [-0.25, -0.2) is 4.79 Å². The smallest absolute Gasteiger partial charge is 0.340 e. The fourth-order valence-electron chi connectivity index (χ4n) is 6.30. The Morgan fingerprint density at radius 2 is 1.73 bits per heavy atom. The van der Waals surface area contributed by atoms with Gasteiger partial charge in [0, 0.05) is 37.0 Å². The molecule has 0 spiro atoms. The monoisotopic (exact) mass is 577 g/mol. The first-order valence-electron chi connectivity index (χ1n) is 15.1. The number of piperidine rings is 1. The summed E-state index contributed by atoms with van der Waals surface area (Å²) >= 11 is 1.75. The van der Waals surface area contributed by atoms with Gasteiger partial charge in [0.15, 0.2) is 0 Å². The molecule has 2 aliphatic heterocycles. The Morgan fingerprint density at radius 1 is 1.00 bits per heavy atom. The van der Waals surface area contributed by atoms with E-state index in [4.69, 9.17) is 4.74 Å². The normalized spacial score (nSPS) is 20.2. The molecule has 2 fully saturated rings. The molecular weight excluding hydrogens is 534 g/mol. The summed E-state index contributed by atoms with van der Waals surface area (Å²) in [4.78, 5) is 42.2. The number of hydrogen-bond acceptors (Lipinski definition) is 6. The van der Waals surface area contributed by atoms with Crippen molar-refractivity contribution in [2.75, 3.05) is 24.6 Å². The van der Waals surface area contributed by atoms with Crippen LogP contribution in [0.1, 0.15) is 90.6 Å². The van der Waals surface area contributed by atoms with E-state index < -0.39 is 23.5 Å². The van der Waals surface area contributed by atoms with Crippen LogP contribution in [0.25, 0.3) is 0 Å². The molecule has 41 heavy (non-hydrogen) atoms. The number of benzene rings is 2. The van der Waals surface area contributed by atoms with Gasteiger partial charge in [-0.2, -0.15) is 11.8 Å². The number of thioether (sulfide) groups is 1. The lowest BCUT2D eigenvalue weighted by Gasteiger charge is -2.33. The molecule has 8 heteroatoms. The zero-order valence-electron chi connectivity index (χ0n) is 24.3. The lowest BCUT2D eigenvalue weighted by atomic mass is 9.91. The van der Waals surface area contributed by atoms with Crippen molar-refractivity contribution in [2.45, 2.75) is 83.0 Å². The van der Waals surface area contributed by atoms with Crippen LogP contribution in [-0.4, -0.2) is 59.4 Å². The van der Waals surface area contributed by atoms with Crippen LogP contribution in [-0.2, 0) is 21.7 Å². The van der Waals surface area contributed by atoms with E-state index in [1.54, 1.807) is 23.9 Å². The summed E-state index contributed by atoms with van der Waals surface area (Å²) in [5, 5.41) is 6.23. The second-order valence-corrected chi connectivity index (χ2v) is 13.3. The van der Waals surface area contributed by atoms with Gasteiger partial charge in [0.05, 0.1) is 11.1 Å². The van der Waals surface area contributed by atoms with Crippen molar-refractivity contribution >= 4 is 29.5 Å². The number of nitrogens with zero attached hydrogens (tertiary/aromatic N) is 1. The van der Waals surface area contributed by atoms with E-state index in [1.165, 1.54) is 37.7 Å². The maximum absolute atomic E-state index is 13.6. The first kappa shape index (κ1) is 29.6. The third-order valence-electron chi connectivity index (χ3n) is 8.68. The molecular formula is C33H43N3O4S. The van der Waals surface area contributed by atoms with Crippen LogP contribution in [0.5, 0.6) is 0 Å². The highest BCUT2D eigenvalue weighted by atomic mass is 32.2. The van der Waals surface area contributed by atoms with Crippen molar-refractivity contribution < 1.29 is 19.1 Å². The molecule has 1 aliphatic carbocycles. The second kappa shape index (κ2) is 13.4. The molecule has 1 atom stereocenters. The van der Waals surface area contributed by atoms with Gasteiger partial charge in [-0.3, -0.25) is 14.5 Å². The highest BCUT2D eigenvalue weighted by Gasteiger charge is 2.40. The molecule has 2 heterocycles. The minimum atomic E-state index is -0.787. The van der Waals surface area contributed by atoms with E-state index in [0.717, 1.165) is 38.2 Å². The highest BCUT2D eigenvalue weighted by molar-refractivity contribution is 7.99. The Kier molecular flexibility index (Phi) is 9.71. The van der Waals surface area contributed by atoms with Gasteiger partial charge < -0.3 is 15.4 Å². The van der Waals surface area contributed by atoms with Crippen LogP contribution in [0, 0.1) is 5.92 Å². The first-order valence-corrected chi connectivity index (χ1v) is 16.3. The number of amides is 2. The molecule has 0 aromatic heterocycles. The Bertz CT molecular complexity index is 1220. The molecule has 220 valence electrons. The summed E-state index contributed by atoms with van der Waals surface area (Å²) in [5.74, 6) is 1.13. The van der Waals surface area contributed by atoms with Crippen LogP contribution >= 0.6 is 11.8 Å². The molecule has 7 nitrogen and oxygen atoms in total. The van der Waals surface area contributed by atoms with E-state index in [1.807, 2.05) is 26.0 Å². The van der Waals surface area contributed by atoms with Gasteiger partial charge in [0.2, 0.25) is 5.91 Å². The molecule has 0 radical (unpaired) electrons. The molecule has 2 aromatic carbocycles. The van der Waals surface area contributed by atoms with Crippen molar-refractivity contribution in [1.82, 2.24) is 15.5 Å². The molecule has 2 N–H and O–H groups in total. The minimum Gasteiger partial charge on any atom is -0.451 e. The number of cyclic esters (lactones) is 1. The SMILES string of the molecule is CC1(C)OC(=O)c2c(C(=O)NC(CSCC3CCCCC3)C(=O)NC3CCN(Cc4ccccc4)CC3)cccc21. The molecule has 3 aliphatic rings. The lowest BCUT2D eigenvalue weighted by Crippen LogP contribution is -2.53. The van der Waals surface area contributed by atoms with Crippen LogP contribution < -0.4 is 10.6 Å². The number of carbonyl (C=O) groups excluding carboxylic acids is 3. The summed E-state index contributed by atoms with van der Waals surface area (Å²) in [6.07, 6.45) is 8.11. The van der Waals surface area contributed by atoms with Crippen molar-refractivity contribution in [3.8, 4) is 0 Å². The van der Waals surface area contributed by atoms with E-state index >= 15 is 0 Å². The molecule has 1 saturated heterocycles. The minimum absolute atomic E-state index is 0.0778. The van der Waals surface area contributed by atoms with Crippen LogP contribution in [0.4, 0.5) is 0 Å². The van der Waals surface area contributed by atoms with Crippen LogP contribution in [0.15, 0.2) is 48.5 Å². The Balaban J connectivity index is 1.22. The number of nitrogens with one attached hydrogen (secondary N) is 2. The summed E-state index contributed by atoms with van der Waals surface area (Å²) in [7, 11) is 0. The number of fused-ring (bicyclic) bond motifs is 1. The van der Waals surface area contributed by atoms with Gasteiger partial charge in [0.25, 0.3) is 5.91 Å². The number of likely N-dealkylation sites (tertiary alicyclic amines) is 1. The number of esters is 1. The highest BCUT2D eigenvalue weighted by Crippen LogP contribution is 2.37. The summed E-state index contributed by atoms with van der Waals surface area (Å²) in [5.41, 5.74) is 1.78. The third kappa shape index (κ3) is 7.52. The average molecular weight is 578 g/mol. The molecule has 2 amide bonds. The third-order valence-corrected chi connectivity index (χ3v) is 9.95. The van der Waals surface area contributed by atoms with Crippen LogP contribution in [0.2, 0.25) is 0 Å². The van der Waals surface area contributed by atoms with Crippen molar-refractivity contribution in [2.24, 2.45) is 5.92 Å². The maximum atomic E-state index is 13.6. The maximum Gasteiger partial charge on any atom is 0.340 e. The standard InChI is InChI=1S/C33H43N3O4S/c1-33(2)27-15-9-14-26(29(27)32(39)40-33)30(37)35-28(22-41-21-24-12-7-4-8-13-24)31(38)34-25-16-18-36(19-17-25)20-23-10-5-3-6-11-23/h3,5-6,9-11,14-15,24-25,28H,4,7-8,12-13,16-22H2,1-2H3,(H,34,38)(H,35,37). The quantitative estimate of drug-likeness (QED) is 0.374. The zero-order chi connectivity index (χ0) is 28.8. The number of rotatable bonds is 10. The topological polar surface area (TPSA) is 87.7 Å². The van der Waals surface area contributed by atoms with Gasteiger partial charge in [-0.05, 0) is 62.8 Å². The fourth-order valence-corrected chi connectivity index (χ4v) is 7.58. The number of hydrogen-bond donors (Lipinski definition) is 2. The Morgan fingerprint density at radius 3 is 2.46 bits per heavy atom. The van der Waals surface area contributed by atoms with Crippen molar-refractivity contribution in [3.63, 3.8) is 0 Å². The largest absolute Gasteiger partial charge is 0.451 e. The predicted octanol–water partition coefficient (Wildman–Crippen LogP) is 5.28. The van der Waals surface area contributed by atoms with Crippen molar-refractivity contribution in [1.29, 1.82) is 0 Å².